The molecule has 7 heteroatoms. The van der Waals surface area contributed by atoms with Gasteiger partial charge in [-0.05, 0) is 68.2 Å². The fourth-order valence-electron chi connectivity index (χ4n) is 5.05. The molecule has 2 amide bonds. The van der Waals surface area contributed by atoms with Crippen LogP contribution in [0, 0.1) is 12.8 Å². The molecule has 0 radical (unpaired) electrons. The average molecular weight is 541 g/mol. The molecule has 200 valence electrons. The van der Waals surface area contributed by atoms with Gasteiger partial charge >= 0.3 is 5.97 Å². The van der Waals surface area contributed by atoms with Gasteiger partial charge in [0.2, 0.25) is 0 Å². The van der Waals surface area contributed by atoms with E-state index in [0.717, 1.165) is 27.3 Å². The number of likely N-dealkylation sites (tertiary alicyclic amines) is 1. The van der Waals surface area contributed by atoms with Crippen LogP contribution in [0.15, 0.2) is 82.6 Å². The Morgan fingerprint density at radius 2 is 1.74 bits per heavy atom. The number of para-hydroxylation sites is 1. The summed E-state index contributed by atoms with van der Waals surface area (Å²) >= 11 is 1.47. The molecule has 0 spiro atoms. The molecule has 2 aliphatic heterocycles. The molecular weight excluding hydrogens is 508 g/mol. The van der Waals surface area contributed by atoms with Crippen molar-refractivity contribution >= 4 is 41.3 Å². The molecule has 2 aliphatic rings. The number of anilines is 1. The first kappa shape index (κ1) is 26.8. The first-order valence-electron chi connectivity index (χ1n) is 13.3. The van der Waals surface area contributed by atoms with Gasteiger partial charge in [0.1, 0.15) is 0 Å². The second-order valence-corrected chi connectivity index (χ2v) is 11.0. The van der Waals surface area contributed by atoms with E-state index in [1.807, 2.05) is 71.6 Å². The summed E-state index contributed by atoms with van der Waals surface area (Å²) in [4.78, 5) is 44.0. The number of aryl methyl sites for hydroxylation is 1. The quantitative estimate of drug-likeness (QED) is 0.280. The van der Waals surface area contributed by atoms with Gasteiger partial charge < -0.3 is 14.5 Å². The molecule has 0 N–H and O–H groups in total. The van der Waals surface area contributed by atoms with Crippen LogP contribution in [0.4, 0.5) is 5.69 Å². The highest BCUT2D eigenvalue weighted by Gasteiger charge is 2.30. The largest absolute Gasteiger partial charge is 0.466 e. The zero-order valence-electron chi connectivity index (χ0n) is 22.3. The first-order valence-corrected chi connectivity index (χ1v) is 14.2. The molecule has 3 aromatic rings. The molecule has 2 heterocycles. The van der Waals surface area contributed by atoms with Crippen LogP contribution in [-0.4, -0.2) is 42.4 Å². The maximum atomic E-state index is 13.6. The summed E-state index contributed by atoms with van der Waals surface area (Å²) in [6.45, 7) is 5.80. The second kappa shape index (κ2) is 11.9. The summed E-state index contributed by atoms with van der Waals surface area (Å²) in [6, 6.07) is 23.6. The van der Waals surface area contributed by atoms with Gasteiger partial charge in [-0.25, -0.2) is 0 Å². The number of nitrogens with zero attached hydrogens (tertiary/aromatic N) is 2. The number of esters is 1. The van der Waals surface area contributed by atoms with Crippen molar-refractivity contribution < 1.29 is 19.1 Å². The SMILES string of the molecule is CCOC(=O)C1CCN(C(=O)c2ccc(C=C3Sc4ccccc4N(Cc4cccc(C)c4)C3=O)cc2)CC1. The van der Waals surface area contributed by atoms with E-state index in [4.69, 9.17) is 4.74 Å². The van der Waals surface area contributed by atoms with Gasteiger partial charge in [0, 0.05) is 23.5 Å². The Bertz CT molecular complexity index is 1410. The minimum atomic E-state index is -0.169. The van der Waals surface area contributed by atoms with Crippen LogP contribution < -0.4 is 4.90 Å². The van der Waals surface area contributed by atoms with Gasteiger partial charge in [0.05, 0.1) is 29.7 Å². The molecule has 1 saturated heterocycles. The zero-order chi connectivity index (χ0) is 27.4. The van der Waals surface area contributed by atoms with E-state index in [-0.39, 0.29) is 23.7 Å². The number of thioether (sulfide) groups is 1. The summed E-state index contributed by atoms with van der Waals surface area (Å²) in [5.74, 6) is -0.385. The zero-order valence-corrected chi connectivity index (χ0v) is 23.1. The van der Waals surface area contributed by atoms with Crippen LogP contribution in [-0.2, 0) is 20.9 Å². The van der Waals surface area contributed by atoms with Crippen molar-refractivity contribution in [2.75, 3.05) is 24.6 Å². The summed E-state index contributed by atoms with van der Waals surface area (Å²) in [6.07, 6.45) is 3.13. The van der Waals surface area contributed by atoms with E-state index >= 15 is 0 Å². The van der Waals surface area contributed by atoms with Crippen LogP contribution in [0.25, 0.3) is 6.08 Å². The van der Waals surface area contributed by atoms with Gasteiger partial charge in [0.15, 0.2) is 0 Å². The predicted molar refractivity (Wildman–Crippen MR) is 154 cm³/mol. The Labute approximate surface area is 233 Å². The van der Waals surface area contributed by atoms with Crippen molar-refractivity contribution in [3.05, 3.63) is 100.0 Å². The van der Waals surface area contributed by atoms with Crippen molar-refractivity contribution in [1.82, 2.24) is 4.90 Å². The highest BCUT2D eigenvalue weighted by Crippen LogP contribution is 2.42. The summed E-state index contributed by atoms with van der Waals surface area (Å²) in [7, 11) is 0. The molecule has 39 heavy (non-hydrogen) atoms. The van der Waals surface area contributed by atoms with Crippen LogP contribution in [0.3, 0.4) is 0 Å². The van der Waals surface area contributed by atoms with E-state index in [2.05, 4.69) is 19.1 Å². The number of hydrogen-bond acceptors (Lipinski definition) is 5. The predicted octanol–water partition coefficient (Wildman–Crippen LogP) is 6.09. The van der Waals surface area contributed by atoms with Crippen molar-refractivity contribution in [1.29, 1.82) is 0 Å². The maximum absolute atomic E-state index is 13.6. The Kier molecular flexibility index (Phi) is 8.17. The first-order chi connectivity index (χ1) is 18.9. The minimum Gasteiger partial charge on any atom is -0.466 e. The van der Waals surface area contributed by atoms with E-state index in [0.29, 0.717) is 49.6 Å². The average Bonchev–Trinajstić information content (AvgIpc) is 2.95. The standard InChI is InChI=1S/C32H32N2O4S/c1-3-38-32(37)26-15-17-33(18-16-26)30(35)25-13-11-23(12-14-25)20-29-31(36)34(21-24-8-6-7-22(2)19-24)27-9-4-5-10-28(27)39-29/h4-14,19-20,26H,3,15-18,21H2,1-2H3. The van der Waals surface area contributed by atoms with E-state index < -0.39 is 0 Å². The van der Waals surface area contributed by atoms with E-state index in [1.165, 1.54) is 11.8 Å². The molecule has 0 bridgehead atoms. The van der Waals surface area contributed by atoms with Crippen LogP contribution in [0.2, 0.25) is 0 Å². The fraction of sp³-hybridized carbons (Fsp3) is 0.281. The van der Waals surface area contributed by atoms with E-state index in [1.54, 1.807) is 11.8 Å². The number of rotatable bonds is 6. The lowest BCUT2D eigenvalue weighted by atomic mass is 9.96. The molecule has 1 fully saturated rings. The van der Waals surface area contributed by atoms with Gasteiger partial charge in [-0.15, -0.1) is 0 Å². The lowest BCUT2D eigenvalue weighted by molar-refractivity contribution is -0.149. The molecule has 0 saturated carbocycles. The van der Waals surface area contributed by atoms with E-state index in [9.17, 15) is 14.4 Å². The molecule has 0 aliphatic carbocycles. The Hall–Kier alpha value is -3.84. The second-order valence-electron chi connectivity index (χ2n) is 9.90. The Morgan fingerprint density at radius 3 is 2.46 bits per heavy atom. The number of hydrogen-bond donors (Lipinski definition) is 0. The Balaban J connectivity index is 1.30. The molecule has 6 nitrogen and oxygen atoms in total. The van der Waals surface area contributed by atoms with Crippen molar-refractivity contribution in [3.63, 3.8) is 0 Å². The fourth-order valence-corrected chi connectivity index (χ4v) is 6.11. The molecule has 0 aromatic heterocycles. The highest BCUT2D eigenvalue weighted by molar-refractivity contribution is 8.04. The Morgan fingerprint density at radius 1 is 1.00 bits per heavy atom. The monoisotopic (exact) mass is 540 g/mol. The molecule has 0 unspecified atom stereocenters. The molecule has 0 atom stereocenters. The van der Waals surface area contributed by atoms with Gasteiger partial charge in [-0.1, -0.05) is 65.9 Å². The number of carbonyl (C=O) groups excluding carboxylic acids is 3. The number of fused-ring (bicyclic) bond motifs is 1. The maximum Gasteiger partial charge on any atom is 0.309 e. The third-order valence-electron chi connectivity index (χ3n) is 7.11. The number of benzene rings is 3. The van der Waals surface area contributed by atoms with Crippen molar-refractivity contribution in [2.45, 2.75) is 38.1 Å². The molecular formula is C32H32N2O4S. The molecule has 3 aromatic carbocycles. The number of carbonyl (C=O) groups is 3. The lowest BCUT2D eigenvalue weighted by Gasteiger charge is -2.31. The summed E-state index contributed by atoms with van der Waals surface area (Å²) in [5, 5.41) is 0. The van der Waals surface area contributed by atoms with Gasteiger partial charge in [0.25, 0.3) is 11.8 Å². The third-order valence-corrected chi connectivity index (χ3v) is 8.19. The normalized spacial score (nSPS) is 16.8. The number of piperidine rings is 1. The van der Waals surface area contributed by atoms with Crippen molar-refractivity contribution in [2.24, 2.45) is 5.92 Å². The lowest BCUT2D eigenvalue weighted by Crippen LogP contribution is -2.40. The van der Waals surface area contributed by atoms with Gasteiger partial charge in [-0.2, -0.15) is 0 Å². The molecule has 5 rings (SSSR count). The van der Waals surface area contributed by atoms with Gasteiger partial charge in [-0.3, -0.25) is 14.4 Å². The third kappa shape index (κ3) is 6.09. The summed E-state index contributed by atoms with van der Waals surface area (Å²) < 4.78 is 5.13. The summed E-state index contributed by atoms with van der Waals surface area (Å²) in [5.41, 5.74) is 4.62. The highest BCUT2D eigenvalue weighted by atomic mass is 32.2. The van der Waals surface area contributed by atoms with Crippen LogP contribution >= 0.6 is 11.8 Å². The van der Waals surface area contributed by atoms with Crippen molar-refractivity contribution in [3.8, 4) is 0 Å². The van der Waals surface area contributed by atoms with Crippen LogP contribution in [0.1, 0.15) is 46.8 Å². The topological polar surface area (TPSA) is 66.9 Å². The minimum absolute atomic E-state index is 0.0372. The number of ether oxygens (including phenoxy) is 1. The smallest absolute Gasteiger partial charge is 0.309 e. The number of amides is 2. The van der Waals surface area contributed by atoms with Crippen LogP contribution in [0.5, 0.6) is 0 Å².